The van der Waals surface area contributed by atoms with Crippen LogP contribution >= 0.6 is 11.3 Å². The van der Waals surface area contributed by atoms with Crippen LogP contribution in [0.4, 0.5) is 5.13 Å². The van der Waals surface area contributed by atoms with E-state index in [2.05, 4.69) is 15.3 Å². The van der Waals surface area contributed by atoms with Crippen LogP contribution in [0.25, 0.3) is 11.3 Å². The number of nitrogens with zero attached hydrogens (tertiary/aromatic N) is 2. The molecule has 3 rings (SSSR count). The highest BCUT2D eigenvalue weighted by molar-refractivity contribution is 7.14. The van der Waals surface area contributed by atoms with E-state index in [0.717, 1.165) is 11.3 Å². The van der Waals surface area contributed by atoms with Gasteiger partial charge in [0.25, 0.3) is 5.91 Å². The van der Waals surface area contributed by atoms with E-state index in [-0.39, 0.29) is 5.91 Å². The average Bonchev–Trinajstić information content (AvgIpc) is 3.15. The molecule has 7 nitrogen and oxygen atoms in total. The third-order valence-corrected chi connectivity index (χ3v) is 4.37. The van der Waals surface area contributed by atoms with Crippen LogP contribution in [-0.4, -0.2) is 37.2 Å². The van der Waals surface area contributed by atoms with E-state index in [1.54, 1.807) is 24.5 Å². The molecule has 26 heavy (non-hydrogen) atoms. The quantitative estimate of drug-likeness (QED) is 0.714. The predicted molar refractivity (Wildman–Crippen MR) is 99.4 cm³/mol. The molecule has 0 bridgehead atoms. The number of ether oxygens (including phenoxy) is 3. The fourth-order valence-electron chi connectivity index (χ4n) is 2.36. The van der Waals surface area contributed by atoms with Crippen LogP contribution < -0.4 is 19.5 Å². The monoisotopic (exact) mass is 371 g/mol. The Morgan fingerprint density at radius 2 is 1.85 bits per heavy atom. The highest BCUT2D eigenvalue weighted by Crippen LogP contribution is 2.38. The van der Waals surface area contributed by atoms with Crippen LogP contribution in [-0.2, 0) is 0 Å². The van der Waals surface area contributed by atoms with Crippen molar-refractivity contribution in [1.29, 1.82) is 0 Å². The van der Waals surface area contributed by atoms with Gasteiger partial charge in [-0.2, -0.15) is 0 Å². The van der Waals surface area contributed by atoms with Gasteiger partial charge in [-0.3, -0.25) is 15.1 Å². The molecule has 8 heteroatoms. The Labute approximate surface area is 154 Å². The fourth-order valence-corrected chi connectivity index (χ4v) is 3.07. The Morgan fingerprint density at radius 1 is 1.12 bits per heavy atom. The summed E-state index contributed by atoms with van der Waals surface area (Å²) >= 11 is 1.34. The molecule has 0 aliphatic rings. The van der Waals surface area contributed by atoms with Crippen LogP contribution in [0.2, 0.25) is 0 Å². The average molecular weight is 371 g/mol. The van der Waals surface area contributed by atoms with Crippen molar-refractivity contribution < 1.29 is 19.0 Å². The largest absolute Gasteiger partial charge is 0.493 e. The van der Waals surface area contributed by atoms with Crippen LogP contribution in [0, 0.1) is 0 Å². The molecule has 1 amide bonds. The van der Waals surface area contributed by atoms with Crippen LogP contribution in [0.3, 0.4) is 0 Å². The molecule has 2 heterocycles. The smallest absolute Gasteiger partial charge is 0.257 e. The first kappa shape index (κ1) is 17.7. The first-order chi connectivity index (χ1) is 12.7. The Bertz CT molecular complexity index is 887. The molecule has 0 saturated heterocycles. The van der Waals surface area contributed by atoms with Gasteiger partial charge in [-0.25, -0.2) is 4.98 Å². The van der Waals surface area contributed by atoms with E-state index in [4.69, 9.17) is 14.2 Å². The highest BCUT2D eigenvalue weighted by atomic mass is 32.1. The molecule has 3 aromatic rings. The van der Waals surface area contributed by atoms with E-state index < -0.39 is 0 Å². The van der Waals surface area contributed by atoms with Gasteiger partial charge in [-0.15, -0.1) is 11.3 Å². The molecular formula is C18H17N3O4S. The van der Waals surface area contributed by atoms with Gasteiger partial charge in [0, 0.05) is 28.9 Å². The molecule has 0 unspecified atom stereocenters. The van der Waals surface area contributed by atoms with Gasteiger partial charge in [0.1, 0.15) is 0 Å². The molecule has 0 radical (unpaired) electrons. The predicted octanol–water partition coefficient (Wildman–Crippen LogP) is 3.48. The number of amides is 1. The van der Waals surface area contributed by atoms with E-state index in [0.29, 0.717) is 27.9 Å². The van der Waals surface area contributed by atoms with Crippen molar-refractivity contribution in [3.05, 3.63) is 47.6 Å². The number of carbonyl (C=O) groups excluding carboxylic acids is 1. The fraction of sp³-hybridized carbons (Fsp3) is 0.167. The van der Waals surface area contributed by atoms with Crippen molar-refractivity contribution >= 4 is 22.4 Å². The normalized spacial score (nSPS) is 10.3. The second kappa shape index (κ2) is 7.83. The number of nitrogens with one attached hydrogen (secondary N) is 1. The molecule has 0 aliphatic carbocycles. The molecule has 0 fully saturated rings. The minimum Gasteiger partial charge on any atom is -0.493 e. The lowest BCUT2D eigenvalue weighted by Gasteiger charge is -2.13. The summed E-state index contributed by atoms with van der Waals surface area (Å²) in [7, 11) is 4.51. The Hall–Kier alpha value is -3.13. The van der Waals surface area contributed by atoms with Crippen LogP contribution in [0.5, 0.6) is 17.2 Å². The third kappa shape index (κ3) is 3.60. The maximum absolute atomic E-state index is 12.6. The minimum absolute atomic E-state index is 0.323. The van der Waals surface area contributed by atoms with Gasteiger partial charge in [0.15, 0.2) is 16.6 Å². The lowest BCUT2D eigenvalue weighted by molar-refractivity contribution is 0.102. The lowest BCUT2D eigenvalue weighted by Crippen LogP contribution is -2.12. The van der Waals surface area contributed by atoms with E-state index in [9.17, 15) is 4.79 Å². The Kier molecular flexibility index (Phi) is 5.33. The number of thiazole rings is 1. The number of hydrogen-bond acceptors (Lipinski definition) is 7. The van der Waals surface area contributed by atoms with Gasteiger partial charge < -0.3 is 14.2 Å². The molecule has 2 aromatic heterocycles. The van der Waals surface area contributed by atoms with Crippen molar-refractivity contribution in [1.82, 2.24) is 9.97 Å². The second-order valence-electron chi connectivity index (χ2n) is 5.15. The van der Waals surface area contributed by atoms with Crippen LogP contribution in [0.1, 0.15) is 10.4 Å². The SMILES string of the molecule is COc1cc(C(=O)Nc2nc(-c3cccnc3)cs2)cc(OC)c1OC. The lowest BCUT2D eigenvalue weighted by atomic mass is 10.1. The zero-order chi connectivity index (χ0) is 18.5. The van der Waals surface area contributed by atoms with Gasteiger partial charge in [0.2, 0.25) is 5.75 Å². The maximum Gasteiger partial charge on any atom is 0.257 e. The topological polar surface area (TPSA) is 82.6 Å². The van der Waals surface area contributed by atoms with Crippen molar-refractivity contribution in [2.24, 2.45) is 0 Å². The molecule has 1 aromatic carbocycles. The standard InChI is InChI=1S/C18H17N3O4S/c1-23-14-7-12(8-15(24-2)16(14)25-3)17(22)21-18-20-13(10-26-18)11-5-4-6-19-9-11/h4-10H,1-3H3,(H,20,21,22). The Balaban J connectivity index is 1.83. The summed E-state index contributed by atoms with van der Waals surface area (Å²) in [5.74, 6) is 0.926. The third-order valence-electron chi connectivity index (χ3n) is 3.61. The number of carbonyl (C=O) groups is 1. The number of pyridine rings is 1. The molecule has 0 atom stereocenters. The van der Waals surface area contributed by atoms with E-state index in [1.165, 1.54) is 32.7 Å². The summed E-state index contributed by atoms with van der Waals surface area (Å²) < 4.78 is 15.8. The summed E-state index contributed by atoms with van der Waals surface area (Å²) in [6.45, 7) is 0. The van der Waals surface area contributed by atoms with E-state index >= 15 is 0 Å². The summed E-state index contributed by atoms with van der Waals surface area (Å²) in [6, 6.07) is 6.92. The molecule has 134 valence electrons. The summed E-state index contributed by atoms with van der Waals surface area (Å²) in [5, 5.41) is 5.14. The van der Waals surface area contributed by atoms with Gasteiger partial charge in [-0.05, 0) is 24.3 Å². The Morgan fingerprint density at radius 3 is 2.42 bits per heavy atom. The van der Waals surface area contributed by atoms with Gasteiger partial charge in [-0.1, -0.05) is 0 Å². The zero-order valence-corrected chi connectivity index (χ0v) is 15.3. The highest BCUT2D eigenvalue weighted by Gasteiger charge is 2.18. The molecule has 1 N–H and O–H groups in total. The van der Waals surface area contributed by atoms with Gasteiger partial charge in [0.05, 0.1) is 27.0 Å². The van der Waals surface area contributed by atoms with Crippen molar-refractivity contribution in [2.45, 2.75) is 0 Å². The molecule has 0 aliphatic heterocycles. The van der Waals surface area contributed by atoms with Crippen molar-refractivity contribution in [3.8, 4) is 28.5 Å². The maximum atomic E-state index is 12.6. The minimum atomic E-state index is -0.323. The summed E-state index contributed by atoms with van der Waals surface area (Å²) in [5.41, 5.74) is 2.01. The number of anilines is 1. The van der Waals surface area contributed by atoms with Crippen molar-refractivity contribution in [3.63, 3.8) is 0 Å². The first-order valence-electron chi connectivity index (χ1n) is 7.63. The number of hydrogen-bond donors (Lipinski definition) is 1. The molecule has 0 saturated carbocycles. The number of rotatable bonds is 6. The molecular weight excluding hydrogens is 354 g/mol. The first-order valence-corrected chi connectivity index (χ1v) is 8.51. The number of aromatic nitrogens is 2. The van der Waals surface area contributed by atoms with E-state index in [1.807, 2.05) is 17.5 Å². The summed E-state index contributed by atoms with van der Waals surface area (Å²) in [4.78, 5) is 21.1. The van der Waals surface area contributed by atoms with Crippen molar-refractivity contribution in [2.75, 3.05) is 26.6 Å². The number of methoxy groups -OCH3 is 3. The zero-order valence-electron chi connectivity index (χ0n) is 14.5. The van der Waals surface area contributed by atoms with Crippen LogP contribution in [0.15, 0.2) is 42.0 Å². The molecule has 0 spiro atoms. The van der Waals surface area contributed by atoms with Gasteiger partial charge >= 0.3 is 0 Å². The number of benzene rings is 1. The second-order valence-corrected chi connectivity index (χ2v) is 6.01. The summed E-state index contributed by atoms with van der Waals surface area (Å²) in [6.07, 6.45) is 3.42.